The largest absolute Gasteiger partial charge is 0.466 e. The van der Waals surface area contributed by atoms with Crippen molar-refractivity contribution >= 4 is 29.1 Å². The van der Waals surface area contributed by atoms with Crippen LogP contribution in [0.5, 0.6) is 0 Å². The molecule has 1 aromatic rings. The summed E-state index contributed by atoms with van der Waals surface area (Å²) in [7, 11) is 0. The molecule has 2 heterocycles. The Morgan fingerprint density at radius 1 is 1.39 bits per heavy atom. The molecule has 1 aliphatic carbocycles. The topological polar surface area (TPSA) is 82.6 Å². The van der Waals surface area contributed by atoms with Crippen LogP contribution in [0.2, 0.25) is 0 Å². The number of rotatable bonds is 4. The van der Waals surface area contributed by atoms with Gasteiger partial charge >= 0.3 is 11.9 Å². The fourth-order valence-electron chi connectivity index (χ4n) is 2.24. The van der Waals surface area contributed by atoms with E-state index in [0.29, 0.717) is 22.9 Å². The van der Waals surface area contributed by atoms with Crippen LogP contribution in [0.4, 0.5) is 0 Å². The second kappa shape index (κ2) is 6.29. The monoisotopic (exact) mass is 331 g/mol. The molecule has 0 bridgehead atoms. The highest BCUT2D eigenvalue weighted by Crippen LogP contribution is 2.33. The van der Waals surface area contributed by atoms with Gasteiger partial charge in [0.15, 0.2) is 5.78 Å². The van der Waals surface area contributed by atoms with Crippen molar-refractivity contribution in [2.75, 3.05) is 6.61 Å². The summed E-state index contributed by atoms with van der Waals surface area (Å²) in [5.41, 5.74) is 1.24. The number of hydrogen-bond acceptors (Lipinski definition) is 7. The zero-order valence-corrected chi connectivity index (χ0v) is 13.1. The molecule has 3 rings (SSSR count). The Morgan fingerprint density at radius 3 is 3.00 bits per heavy atom. The lowest BCUT2D eigenvalue weighted by Gasteiger charge is -2.21. The van der Waals surface area contributed by atoms with Gasteiger partial charge in [0.2, 0.25) is 0 Å². The van der Waals surface area contributed by atoms with Crippen molar-refractivity contribution in [1.29, 1.82) is 0 Å². The van der Waals surface area contributed by atoms with Crippen LogP contribution in [0.15, 0.2) is 41.0 Å². The van der Waals surface area contributed by atoms with Crippen molar-refractivity contribution < 1.29 is 23.9 Å². The Hall–Kier alpha value is -2.54. The fraction of sp³-hybridized carbons (Fsp3) is 0.250. The van der Waals surface area contributed by atoms with Gasteiger partial charge in [0.05, 0.1) is 18.7 Å². The van der Waals surface area contributed by atoms with Crippen LogP contribution in [-0.2, 0) is 30.3 Å². The third kappa shape index (κ3) is 3.29. The van der Waals surface area contributed by atoms with E-state index in [9.17, 15) is 14.4 Å². The van der Waals surface area contributed by atoms with E-state index in [0.717, 1.165) is 0 Å². The summed E-state index contributed by atoms with van der Waals surface area (Å²) < 4.78 is 10.1. The minimum Gasteiger partial charge on any atom is -0.466 e. The van der Waals surface area contributed by atoms with Gasteiger partial charge in [-0.1, -0.05) is 6.08 Å². The molecule has 0 amide bonds. The summed E-state index contributed by atoms with van der Waals surface area (Å²) in [5.74, 6) is -1.43. The normalized spacial score (nSPS) is 19.6. The number of carbonyl (C=O) groups excluding carboxylic acids is 3. The van der Waals surface area contributed by atoms with Crippen LogP contribution in [0, 0.1) is 0 Å². The van der Waals surface area contributed by atoms with E-state index in [4.69, 9.17) is 9.47 Å². The molecule has 1 unspecified atom stereocenters. The van der Waals surface area contributed by atoms with Gasteiger partial charge in [-0.2, -0.15) is 0 Å². The average molecular weight is 331 g/mol. The predicted molar refractivity (Wildman–Crippen MR) is 81.6 cm³/mol. The van der Waals surface area contributed by atoms with Crippen LogP contribution in [0.25, 0.3) is 0 Å². The molecule has 1 aliphatic heterocycles. The van der Waals surface area contributed by atoms with E-state index in [2.05, 4.69) is 4.98 Å². The molecule has 0 saturated carbocycles. The Labute approximate surface area is 136 Å². The van der Waals surface area contributed by atoms with Crippen molar-refractivity contribution in [3.05, 3.63) is 51.7 Å². The maximum absolute atomic E-state index is 12.1. The molecule has 118 valence electrons. The fourth-order valence-corrected chi connectivity index (χ4v) is 3.11. The number of hydrogen-bond donors (Lipinski definition) is 0. The van der Waals surface area contributed by atoms with E-state index in [1.165, 1.54) is 23.5 Å². The Balaban J connectivity index is 1.81. The lowest BCUT2D eigenvalue weighted by molar-refractivity contribution is -0.142. The van der Waals surface area contributed by atoms with Gasteiger partial charge in [0.25, 0.3) is 0 Å². The first kappa shape index (κ1) is 15.4. The second-order valence-electron chi connectivity index (χ2n) is 4.92. The van der Waals surface area contributed by atoms with Crippen molar-refractivity contribution in [3.8, 4) is 0 Å². The highest BCUT2D eigenvalue weighted by Gasteiger charge is 2.31. The molecule has 0 fully saturated rings. The molecular formula is C16H13NO5S. The standard InChI is InChI=1S/C16H13NO5S/c1-2-21-14(19)6-10-8-23-15(17-10)12-5-9-3-4-11(18)7-13(9)22-16(12)20/h3-5,7-8,12H,2,6H2,1H3. The molecule has 0 aromatic carbocycles. The number of esters is 2. The summed E-state index contributed by atoms with van der Waals surface area (Å²) >= 11 is 1.29. The maximum Gasteiger partial charge on any atom is 0.325 e. The third-order valence-electron chi connectivity index (χ3n) is 3.26. The molecule has 23 heavy (non-hydrogen) atoms. The van der Waals surface area contributed by atoms with Crippen LogP contribution in [-0.4, -0.2) is 29.3 Å². The first-order valence-corrected chi connectivity index (χ1v) is 7.92. The van der Waals surface area contributed by atoms with Gasteiger partial charge in [0, 0.05) is 17.0 Å². The molecule has 1 atom stereocenters. The van der Waals surface area contributed by atoms with Gasteiger partial charge in [-0.05, 0) is 19.1 Å². The number of fused-ring (bicyclic) bond motifs is 1. The van der Waals surface area contributed by atoms with Crippen LogP contribution >= 0.6 is 11.3 Å². The van der Waals surface area contributed by atoms with E-state index in [1.54, 1.807) is 24.5 Å². The van der Waals surface area contributed by atoms with Gasteiger partial charge in [-0.15, -0.1) is 11.3 Å². The first-order chi connectivity index (χ1) is 11.1. The molecule has 0 radical (unpaired) electrons. The molecule has 0 saturated heterocycles. The molecule has 7 heteroatoms. The minimum absolute atomic E-state index is 0.0717. The van der Waals surface area contributed by atoms with E-state index in [-0.39, 0.29) is 23.9 Å². The third-order valence-corrected chi connectivity index (χ3v) is 4.24. The number of ketones is 1. The van der Waals surface area contributed by atoms with Crippen molar-refractivity contribution in [2.24, 2.45) is 0 Å². The minimum atomic E-state index is -0.638. The Kier molecular flexibility index (Phi) is 4.20. The lowest BCUT2D eigenvalue weighted by atomic mass is 9.98. The lowest BCUT2D eigenvalue weighted by Crippen LogP contribution is -2.21. The van der Waals surface area contributed by atoms with E-state index in [1.807, 2.05) is 0 Å². The van der Waals surface area contributed by atoms with Gasteiger partial charge in [-0.25, -0.2) is 4.98 Å². The zero-order valence-electron chi connectivity index (χ0n) is 12.3. The number of aromatic nitrogens is 1. The van der Waals surface area contributed by atoms with E-state index >= 15 is 0 Å². The summed E-state index contributed by atoms with van der Waals surface area (Å²) in [6.45, 7) is 2.05. The molecule has 0 N–H and O–H groups in total. The summed E-state index contributed by atoms with van der Waals surface area (Å²) in [6.07, 6.45) is 6.10. The SMILES string of the molecule is CCOC(=O)Cc1csc(C2C=C3C=CC(=O)C=C3OC2=O)n1. The summed E-state index contributed by atoms with van der Waals surface area (Å²) in [5, 5.41) is 2.27. The molecule has 0 spiro atoms. The molecule has 6 nitrogen and oxygen atoms in total. The highest BCUT2D eigenvalue weighted by molar-refractivity contribution is 7.09. The smallest absolute Gasteiger partial charge is 0.325 e. The zero-order chi connectivity index (χ0) is 16.4. The van der Waals surface area contributed by atoms with Crippen LogP contribution in [0.1, 0.15) is 23.5 Å². The average Bonchev–Trinajstić information content (AvgIpc) is 2.94. The van der Waals surface area contributed by atoms with Gasteiger partial charge < -0.3 is 9.47 Å². The molecule has 2 aliphatic rings. The van der Waals surface area contributed by atoms with Crippen molar-refractivity contribution in [1.82, 2.24) is 4.98 Å². The number of allylic oxidation sites excluding steroid dienone is 3. The van der Waals surface area contributed by atoms with Crippen molar-refractivity contribution in [2.45, 2.75) is 19.3 Å². The van der Waals surface area contributed by atoms with Crippen LogP contribution < -0.4 is 0 Å². The number of carbonyl (C=O) groups is 3. The predicted octanol–water partition coefficient (Wildman–Crippen LogP) is 1.84. The maximum atomic E-state index is 12.1. The summed E-state index contributed by atoms with van der Waals surface area (Å²) in [4.78, 5) is 39.2. The first-order valence-electron chi connectivity index (χ1n) is 7.04. The summed E-state index contributed by atoms with van der Waals surface area (Å²) in [6, 6.07) is 0. The number of nitrogens with zero attached hydrogens (tertiary/aromatic N) is 1. The van der Waals surface area contributed by atoms with Crippen molar-refractivity contribution in [3.63, 3.8) is 0 Å². The second-order valence-corrected chi connectivity index (χ2v) is 5.81. The quantitative estimate of drug-likeness (QED) is 0.783. The van der Waals surface area contributed by atoms with E-state index < -0.39 is 11.9 Å². The Bertz CT molecular complexity index is 771. The highest BCUT2D eigenvalue weighted by atomic mass is 32.1. The van der Waals surface area contributed by atoms with Gasteiger partial charge in [0.1, 0.15) is 16.7 Å². The Morgan fingerprint density at radius 2 is 2.22 bits per heavy atom. The molecule has 1 aromatic heterocycles. The number of thiazole rings is 1. The van der Waals surface area contributed by atoms with Gasteiger partial charge in [-0.3, -0.25) is 14.4 Å². The van der Waals surface area contributed by atoms with Crippen LogP contribution in [0.3, 0.4) is 0 Å². The number of ether oxygens (including phenoxy) is 2. The molecular weight excluding hydrogens is 318 g/mol.